The first-order chi connectivity index (χ1) is 13.7. The van der Waals surface area contributed by atoms with Gasteiger partial charge < -0.3 is 0 Å². The van der Waals surface area contributed by atoms with Crippen LogP contribution in [-0.2, 0) is 0 Å². The highest BCUT2D eigenvalue weighted by molar-refractivity contribution is 9.11. The average molecular weight is 515 g/mol. The van der Waals surface area contributed by atoms with Crippen LogP contribution in [0, 0.1) is 0 Å². The Morgan fingerprint density at radius 3 is 1.50 bits per heavy atom. The van der Waals surface area contributed by atoms with Crippen LogP contribution in [0.5, 0.6) is 0 Å². The minimum atomic E-state index is 0.420. The molecule has 0 saturated heterocycles. The van der Waals surface area contributed by atoms with E-state index in [2.05, 4.69) is 45.7 Å². The molecule has 158 valence electrons. The van der Waals surface area contributed by atoms with E-state index in [1.165, 1.54) is 89.9 Å². The number of rotatable bonds is 15. The number of benzene rings is 1. The summed E-state index contributed by atoms with van der Waals surface area (Å²) in [6.07, 6.45) is 18.5. The van der Waals surface area contributed by atoms with E-state index in [1.54, 1.807) is 0 Å². The first kappa shape index (κ1) is 23.9. The number of unbranched alkanes of at least 4 members (excludes halogenated alkanes) is 10. The van der Waals surface area contributed by atoms with E-state index in [1.807, 2.05) is 16.9 Å². The van der Waals surface area contributed by atoms with Crippen molar-refractivity contribution in [2.24, 2.45) is 0 Å². The predicted molar refractivity (Wildman–Crippen MR) is 128 cm³/mol. The second-order valence-electron chi connectivity index (χ2n) is 8.01. The normalized spacial score (nSPS) is 11.8. The van der Waals surface area contributed by atoms with Crippen LogP contribution < -0.4 is 0 Å². The molecule has 28 heavy (non-hydrogen) atoms. The molecule has 0 radical (unpaired) electrons. The average Bonchev–Trinajstić information content (AvgIpc) is 3.15. The van der Waals surface area contributed by atoms with Crippen LogP contribution in [0.4, 0.5) is 0 Å². The first-order valence-electron chi connectivity index (χ1n) is 11.4. The highest BCUT2D eigenvalue weighted by Crippen LogP contribution is 2.30. The SMILES string of the molecule is CCCCCCCCC(CCCCCCCC)n1nc2c(Br)ccc(Br)c2n1. The molecule has 0 aliphatic carbocycles. The molecule has 2 aromatic rings. The molecule has 0 unspecified atom stereocenters. The number of hydrogen-bond acceptors (Lipinski definition) is 2. The highest BCUT2D eigenvalue weighted by Gasteiger charge is 2.17. The summed E-state index contributed by atoms with van der Waals surface area (Å²) in [4.78, 5) is 2.01. The summed E-state index contributed by atoms with van der Waals surface area (Å²) in [6, 6.07) is 4.51. The van der Waals surface area contributed by atoms with Crippen LogP contribution in [0.1, 0.15) is 110 Å². The van der Waals surface area contributed by atoms with Crippen LogP contribution in [0.3, 0.4) is 0 Å². The molecular formula is C23H37Br2N3. The van der Waals surface area contributed by atoms with Crippen LogP contribution in [0.15, 0.2) is 21.1 Å². The molecule has 0 aliphatic rings. The fraction of sp³-hybridized carbons (Fsp3) is 0.739. The minimum absolute atomic E-state index is 0.420. The fourth-order valence-electron chi connectivity index (χ4n) is 3.81. The topological polar surface area (TPSA) is 30.7 Å². The van der Waals surface area contributed by atoms with Gasteiger partial charge in [-0.3, -0.25) is 0 Å². The van der Waals surface area contributed by atoms with Crippen molar-refractivity contribution >= 4 is 42.9 Å². The Balaban J connectivity index is 1.96. The van der Waals surface area contributed by atoms with Gasteiger partial charge in [0, 0.05) is 8.95 Å². The maximum atomic E-state index is 4.86. The lowest BCUT2D eigenvalue weighted by Crippen LogP contribution is -2.12. The third-order valence-electron chi connectivity index (χ3n) is 5.57. The maximum Gasteiger partial charge on any atom is 0.128 e. The Hall–Kier alpha value is -0.420. The summed E-state index contributed by atoms with van der Waals surface area (Å²) in [6.45, 7) is 4.56. The summed E-state index contributed by atoms with van der Waals surface area (Å²) in [5, 5.41) is 9.72. The minimum Gasteiger partial charge on any atom is -0.181 e. The number of nitrogens with zero attached hydrogens (tertiary/aromatic N) is 3. The molecule has 5 heteroatoms. The third kappa shape index (κ3) is 7.78. The van der Waals surface area contributed by atoms with Crippen molar-refractivity contribution in [3.8, 4) is 0 Å². The van der Waals surface area contributed by atoms with Crippen LogP contribution in [-0.4, -0.2) is 15.0 Å². The van der Waals surface area contributed by atoms with Gasteiger partial charge in [0.25, 0.3) is 0 Å². The van der Waals surface area contributed by atoms with Gasteiger partial charge in [-0.25, -0.2) is 0 Å². The summed E-state index contributed by atoms with van der Waals surface area (Å²) in [5.41, 5.74) is 1.93. The third-order valence-corrected chi connectivity index (χ3v) is 6.85. The smallest absolute Gasteiger partial charge is 0.128 e. The van der Waals surface area contributed by atoms with Gasteiger partial charge in [-0.1, -0.05) is 90.9 Å². The molecule has 0 bridgehead atoms. The summed E-state index contributed by atoms with van der Waals surface area (Å²) in [7, 11) is 0. The van der Waals surface area contributed by atoms with Crippen LogP contribution in [0.2, 0.25) is 0 Å². The molecule has 0 spiro atoms. The zero-order valence-electron chi connectivity index (χ0n) is 17.7. The van der Waals surface area contributed by atoms with E-state index in [9.17, 15) is 0 Å². The number of fused-ring (bicyclic) bond motifs is 1. The second-order valence-corrected chi connectivity index (χ2v) is 9.72. The van der Waals surface area contributed by atoms with Gasteiger partial charge in [-0.05, 0) is 56.8 Å². The van der Waals surface area contributed by atoms with Crippen molar-refractivity contribution in [1.82, 2.24) is 15.0 Å². The van der Waals surface area contributed by atoms with E-state index in [4.69, 9.17) is 10.2 Å². The van der Waals surface area contributed by atoms with E-state index in [0.29, 0.717) is 6.04 Å². The number of hydrogen-bond donors (Lipinski definition) is 0. The molecule has 3 nitrogen and oxygen atoms in total. The molecule has 1 heterocycles. The summed E-state index contributed by atoms with van der Waals surface area (Å²) < 4.78 is 2.05. The lowest BCUT2D eigenvalue weighted by Gasteiger charge is -2.16. The van der Waals surface area contributed by atoms with Crippen molar-refractivity contribution in [1.29, 1.82) is 0 Å². The van der Waals surface area contributed by atoms with Crippen LogP contribution >= 0.6 is 31.9 Å². The summed E-state index contributed by atoms with van der Waals surface area (Å²) >= 11 is 7.27. The van der Waals surface area contributed by atoms with E-state index in [-0.39, 0.29) is 0 Å². The molecule has 0 fully saturated rings. The Kier molecular flexibility index (Phi) is 11.7. The second kappa shape index (κ2) is 13.7. The molecule has 0 atom stereocenters. The monoisotopic (exact) mass is 513 g/mol. The Labute approximate surface area is 188 Å². The van der Waals surface area contributed by atoms with Gasteiger partial charge in [-0.2, -0.15) is 15.0 Å². The zero-order valence-corrected chi connectivity index (χ0v) is 20.9. The molecule has 0 amide bonds. The standard InChI is InChI=1S/C23H37Br2N3/c1-3-5-7-9-11-13-15-19(16-14-12-10-8-6-4-2)28-26-22-20(24)17-18-21(25)23(22)27-28/h17-19H,3-16H2,1-2H3. The molecule has 0 aliphatic heterocycles. The molecule has 0 saturated carbocycles. The fourth-order valence-corrected chi connectivity index (χ4v) is 4.61. The Bertz CT molecular complexity index is 629. The Morgan fingerprint density at radius 2 is 1.07 bits per heavy atom. The molecule has 0 N–H and O–H groups in total. The van der Waals surface area contributed by atoms with Gasteiger partial charge in [0.15, 0.2) is 0 Å². The van der Waals surface area contributed by atoms with Crippen molar-refractivity contribution in [2.45, 2.75) is 110 Å². The maximum absolute atomic E-state index is 4.86. The molecule has 1 aromatic heterocycles. The number of halogens is 2. The van der Waals surface area contributed by atoms with Gasteiger partial charge >= 0.3 is 0 Å². The largest absolute Gasteiger partial charge is 0.181 e. The first-order valence-corrected chi connectivity index (χ1v) is 13.0. The predicted octanol–water partition coefficient (Wildman–Crippen LogP) is 9.00. The van der Waals surface area contributed by atoms with E-state index >= 15 is 0 Å². The molecule has 2 rings (SSSR count). The molecule has 1 aromatic carbocycles. The molecular weight excluding hydrogens is 478 g/mol. The van der Waals surface area contributed by atoms with Gasteiger partial charge in [0.05, 0.1) is 6.04 Å². The highest BCUT2D eigenvalue weighted by atomic mass is 79.9. The summed E-state index contributed by atoms with van der Waals surface area (Å²) in [5.74, 6) is 0. The number of aromatic nitrogens is 3. The van der Waals surface area contributed by atoms with Crippen molar-refractivity contribution in [3.63, 3.8) is 0 Å². The lowest BCUT2D eigenvalue weighted by molar-refractivity contribution is 0.337. The quantitative estimate of drug-likeness (QED) is 0.222. The zero-order chi connectivity index (χ0) is 20.2. The van der Waals surface area contributed by atoms with Gasteiger partial charge in [-0.15, -0.1) is 0 Å². The van der Waals surface area contributed by atoms with Gasteiger partial charge in [0.2, 0.25) is 0 Å². The van der Waals surface area contributed by atoms with Crippen molar-refractivity contribution < 1.29 is 0 Å². The van der Waals surface area contributed by atoms with E-state index in [0.717, 1.165) is 20.0 Å². The van der Waals surface area contributed by atoms with Crippen molar-refractivity contribution in [2.75, 3.05) is 0 Å². The van der Waals surface area contributed by atoms with Crippen LogP contribution in [0.25, 0.3) is 11.0 Å². The van der Waals surface area contributed by atoms with Crippen molar-refractivity contribution in [3.05, 3.63) is 21.1 Å². The van der Waals surface area contributed by atoms with E-state index < -0.39 is 0 Å². The lowest BCUT2D eigenvalue weighted by atomic mass is 10.0. The van der Waals surface area contributed by atoms with Gasteiger partial charge in [0.1, 0.15) is 11.0 Å². The Morgan fingerprint density at radius 1 is 0.679 bits per heavy atom.